The van der Waals surface area contributed by atoms with Crippen molar-refractivity contribution < 1.29 is 9.84 Å². The number of piperazine rings is 1. The summed E-state index contributed by atoms with van der Waals surface area (Å²) in [7, 11) is 0. The van der Waals surface area contributed by atoms with Crippen LogP contribution in [0.2, 0.25) is 0 Å². The molecule has 4 rings (SSSR count). The van der Waals surface area contributed by atoms with Crippen molar-refractivity contribution >= 4 is 5.69 Å². The number of hydrogen-bond acceptors (Lipinski definition) is 4. The van der Waals surface area contributed by atoms with E-state index in [0.29, 0.717) is 11.7 Å². The molecule has 1 unspecified atom stereocenters. The summed E-state index contributed by atoms with van der Waals surface area (Å²) in [6, 6.07) is 16.0. The zero-order valence-electron chi connectivity index (χ0n) is 14.6. The first-order valence-corrected chi connectivity index (χ1v) is 9.28. The van der Waals surface area contributed by atoms with Crippen LogP contribution >= 0.6 is 0 Å². The maximum Gasteiger partial charge on any atom is 0.122 e. The summed E-state index contributed by atoms with van der Waals surface area (Å²) in [5.41, 5.74) is 2.59. The van der Waals surface area contributed by atoms with Crippen LogP contribution in [0.15, 0.2) is 48.5 Å². The molecular formula is C21H26N2O2. The van der Waals surface area contributed by atoms with Gasteiger partial charge in [0.05, 0.1) is 6.61 Å². The third-order valence-electron chi connectivity index (χ3n) is 5.46. The van der Waals surface area contributed by atoms with Gasteiger partial charge in [-0.1, -0.05) is 18.2 Å². The molecule has 0 aromatic heterocycles. The van der Waals surface area contributed by atoms with Crippen molar-refractivity contribution in [2.75, 3.05) is 44.2 Å². The van der Waals surface area contributed by atoms with Crippen molar-refractivity contribution in [1.82, 2.24) is 4.90 Å². The fraction of sp³-hybridized carbons (Fsp3) is 0.429. The van der Waals surface area contributed by atoms with Gasteiger partial charge in [0.1, 0.15) is 11.5 Å². The van der Waals surface area contributed by atoms with Gasteiger partial charge in [-0.3, -0.25) is 4.90 Å². The third kappa shape index (κ3) is 3.74. The van der Waals surface area contributed by atoms with Gasteiger partial charge in [0.2, 0.25) is 0 Å². The number of rotatable bonds is 4. The summed E-state index contributed by atoms with van der Waals surface area (Å²) in [6.45, 7) is 6.31. The Morgan fingerprint density at radius 3 is 2.52 bits per heavy atom. The van der Waals surface area contributed by atoms with E-state index < -0.39 is 0 Å². The number of hydrogen-bond donors (Lipinski definition) is 1. The van der Waals surface area contributed by atoms with Gasteiger partial charge in [0.25, 0.3) is 0 Å². The molecule has 4 nitrogen and oxygen atoms in total. The van der Waals surface area contributed by atoms with Crippen LogP contribution in [0.5, 0.6) is 11.5 Å². The zero-order valence-corrected chi connectivity index (χ0v) is 14.6. The molecule has 1 N–H and O–H groups in total. The average molecular weight is 338 g/mol. The molecule has 25 heavy (non-hydrogen) atoms. The average Bonchev–Trinajstić information content (AvgIpc) is 2.67. The summed E-state index contributed by atoms with van der Waals surface area (Å²) in [4.78, 5) is 4.98. The van der Waals surface area contributed by atoms with E-state index in [4.69, 9.17) is 4.74 Å². The number of benzene rings is 2. The molecule has 2 aromatic carbocycles. The summed E-state index contributed by atoms with van der Waals surface area (Å²) >= 11 is 0. The van der Waals surface area contributed by atoms with Gasteiger partial charge in [0.15, 0.2) is 0 Å². The van der Waals surface area contributed by atoms with Crippen LogP contribution in [0.3, 0.4) is 0 Å². The van der Waals surface area contributed by atoms with Gasteiger partial charge in [-0.25, -0.2) is 0 Å². The first kappa shape index (κ1) is 16.3. The van der Waals surface area contributed by atoms with Crippen LogP contribution in [-0.4, -0.2) is 49.3 Å². The minimum Gasteiger partial charge on any atom is -0.508 e. The molecule has 2 heterocycles. The second-order valence-electron chi connectivity index (χ2n) is 7.01. The van der Waals surface area contributed by atoms with Crippen molar-refractivity contribution in [1.29, 1.82) is 0 Å². The molecule has 4 heteroatoms. The predicted octanol–water partition coefficient (Wildman–Crippen LogP) is 3.47. The van der Waals surface area contributed by atoms with E-state index in [9.17, 15) is 5.11 Å². The first-order chi connectivity index (χ1) is 12.3. The highest BCUT2D eigenvalue weighted by Crippen LogP contribution is 2.35. The summed E-state index contributed by atoms with van der Waals surface area (Å²) < 4.78 is 5.78. The number of phenols is 1. The standard InChI is InChI=1S/C21H26N2O2/c24-19-7-5-18(6-8-19)23-14-12-22(13-15-23)11-9-17-10-16-25-21-4-2-1-3-20(17)21/h1-8,17,24H,9-16H2. The molecule has 0 amide bonds. The smallest absolute Gasteiger partial charge is 0.122 e. The molecule has 1 saturated heterocycles. The van der Waals surface area contributed by atoms with E-state index >= 15 is 0 Å². The Kier molecular flexibility index (Phi) is 4.79. The van der Waals surface area contributed by atoms with E-state index in [-0.39, 0.29) is 0 Å². The number of para-hydroxylation sites is 1. The number of aromatic hydroxyl groups is 1. The summed E-state index contributed by atoms with van der Waals surface area (Å²) in [6.07, 6.45) is 2.34. The van der Waals surface area contributed by atoms with Crippen LogP contribution in [0.1, 0.15) is 24.3 Å². The SMILES string of the molecule is Oc1ccc(N2CCN(CCC3CCOc4ccccc43)CC2)cc1. The molecule has 2 aliphatic heterocycles. The Morgan fingerprint density at radius 1 is 0.960 bits per heavy atom. The topological polar surface area (TPSA) is 35.9 Å². The van der Waals surface area contributed by atoms with E-state index in [2.05, 4.69) is 34.1 Å². The summed E-state index contributed by atoms with van der Waals surface area (Å²) in [5.74, 6) is 2.04. The fourth-order valence-electron chi connectivity index (χ4n) is 3.95. The maximum atomic E-state index is 9.42. The summed E-state index contributed by atoms with van der Waals surface area (Å²) in [5, 5.41) is 9.42. The van der Waals surface area contributed by atoms with Crippen LogP contribution in [0, 0.1) is 0 Å². The number of anilines is 1. The Bertz CT molecular complexity index is 693. The number of nitrogens with zero attached hydrogens (tertiary/aromatic N) is 2. The molecule has 0 radical (unpaired) electrons. The minimum atomic E-state index is 0.333. The zero-order chi connectivity index (χ0) is 17.1. The van der Waals surface area contributed by atoms with Gasteiger partial charge in [-0.2, -0.15) is 0 Å². The highest BCUT2D eigenvalue weighted by atomic mass is 16.5. The molecule has 0 spiro atoms. The maximum absolute atomic E-state index is 9.42. The second kappa shape index (κ2) is 7.36. The Hall–Kier alpha value is -2.20. The normalized spacial score (nSPS) is 20.8. The monoisotopic (exact) mass is 338 g/mol. The van der Waals surface area contributed by atoms with Crippen molar-refractivity contribution in [2.45, 2.75) is 18.8 Å². The van der Waals surface area contributed by atoms with Crippen LogP contribution in [0.25, 0.3) is 0 Å². The van der Waals surface area contributed by atoms with Crippen molar-refractivity contribution in [3.05, 3.63) is 54.1 Å². The Labute approximate surface area is 149 Å². The van der Waals surface area contributed by atoms with E-state index in [0.717, 1.165) is 51.5 Å². The van der Waals surface area contributed by atoms with Gasteiger partial charge in [-0.05, 0) is 61.2 Å². The first-order valence-electron chi connectivity index (χ1n) is 9.28. The number of ether oxygens (including phenoxy) is 1. The number of phenolic OH excluding ortho intramolecular Hbond substituents is 1. The van der Waals surface area contributed by atoms with E-state index in [1.54, 1.807) is 12.1 Å². The molecule has 0 saturated carbocycles. The third-order valence-corrected chi connectivity index (χ3v) is 5.46. The minimum absolute atomic E-state index is 0.333. The van der Waals surface area contributed by atoms with Gasteiger partial charge in [0, 0.05) is 31.9 Å². The molecule has 132 valence electrons. The lowest BCUT2D eigenvalue weighted by molar-refractivity contribution is 0.223. The molecule has 0 aliphatic carbocycles. The van der Waals surface area contributed by atoms with E-state index in [1.807, 2.05) is 12.1 Å². The quantitative estimate of drug-likeness (QED) is 0.926. The molecule has 0 bridgehead atoms. The highest BCUT2D eigenvalue weighted by Gasteiger charge is 2.23. The van der Waals surface area contributed by atoms with Gasteiger partial charge >= 0.3 is 0 Å². The van der Waals surface area contributed by atoms with E-state index in [1.165, 1.54) is 17.7 Å². The predicted molar refractivity (Wildman–Crippen MR) is 101 cm³/mol. The molecule has 1 fully saturated rings. The Morgan fingerprint density at radius 2 is 1.72 bits per heavy atom. The molecule has 1 atom stereocenters. The van der Waals surface area contributed by atoms with Gasteiger partial charge < -0.3 is 14.7 Å². The molecule has 2 aromatic rings. The van der Waals surface area contributed by atoms with Crippen molar-refractivity contribution in [2.24, 2.45) is 0 Å². The van der Waals surface area contributed by atoms with Crippen LogP contribution in [0.4, 0.5) is 5.69 Å². The lowest BCUT2D eigenvalue weighted by atomic mass is 9.90. The van der Waals surface area contributed by atoms with Crippen molar-refractivity contribution in [3.63, 3.8) is 0 Å². The van der Waals surface area contributed by atoms with Crippen LogP contribution in [-0.2, 0) is 0 Å². The lowest BCUT2D eigenvalue weighted by Crippen LogP contribution is -2.46. The molecular weight excluding hydrogens is 312 g/mol. The highest BCUT2D eigenvalue weighted by molar-refractivity contribution is 5.49. The largest absolute Gasteiger partial charge is 0.508 e. The van der Waals surface area contributed by atoms with Gasteiger partial charge in [-0.15, -0.1) is 0 Å². The molecule has 2 aliphatic rings. The number of fused-ring (bicyclic) bond motifs is 1. The van der Waals surface area contributed by atoms with Crippen molar-refractivity contribution in [3.8, 4) is 11.5 Å². The fourth-order valence-corrected chi connectivity index (χ4v) is 3.95. The Balaban J connectivity index is 1.29. The van der Waals surface area contributed by atoms with Crippen LogP contribution < -0.4 is 9.64 Å². The second-order valence-corrected chi connectivity index (χ2v) is 7.01. The lowest BCUT2D eigenvalue weighted by Gasteiger charge is -2.37.